The van der Waals surface area contributed by atoms with Crippen LogP contribution >= 0.6 is 15.9 Å². The van der Waals surface area contributed by atoms with Crippen LogP contribution in [0.2, 0.25) is 0 Å². The van der Waals surface area contributed by atoms with E-state index in [-0.39, 0.29) is 5.46 Å². The van der Waals surface area contributed by atoms with E-state index in [1.165, 1.54) is 29.6 Å². The van der Waals surface area contributed by atoms with Gasteiger partial charge in [0.2, 0.25) is 5.95 Å². The lowest BCUT2D eigenvalue weighted by molar-refractivity contribution is 0.124. The summed E-state index contributed by atoms with van der Waals surface area (Å²) in [6.45, 7) is 0. The van der Waals surface area contributed by atoms with Crippen LogP contribution in [-0.2, 0) is 9.31 Å². The number of rotatable bonds is 1. The quantitative estimate of drug-likeness (QED) is 0.598. The fourth-order valence-corrected chi connectivity index (χ4v) is 1.77. The molecule has 0 amide bonds. The van der Waals surface area contributed by atoms with Crippen LogP contribution < -0.4 is 5.46 Å². The molecule has 2 heterocycles. The molecule has 0 saturated heterocycles. The third-order valence-electron chi connectivity index (χ3n) is 2.17. The summed E-state index contributed by atoms with van der Waals surface area (Å²) in [7, 11) is 0.187. The number of halogens is 2. The van der Waals surface area contributed by atoms with Crippen molar-refractivity contribution < 1.29 is 23.9 Å². The zero-order chi connectivity index (χ0) is 14.0. The van der Waals surface area contributed by atoms with Crippen LogP contribution in [0, 0.1) is 5.95 Å². The Labute approximate surface area is 117 Å². The second-order valence-electron chi connectivity index (χ2n) is 3.70. The van der Waals surface area contributed by atoms with Crippen molar-refractivity contribution in [3.05, 3.63) is 47.0 Å². The van der Waals surface area contributed by atoms with Crippen molar-refractivity contribution in [3.8, 4) is 0 Å². The molecule has 2 N–H and O–H groups in total. The van der Waals surface area contributed by atoms with Gasteiger partial charge in [-0.05, 0) is 22.0 Å². The first-order valence-corrected chi connectivity index (χ1v) is 5.93. The zero-order valence-corrected chi connectivity index (χ0v) is 11.3. The molecular formula is C10H9BBrFN2O4. The van der Waals surface area contributed by atoms with Crippen molar-refractivity contribution in [1.82, 2.24) is 9.88 Å². The van der Waals surface area contributed by atoms with Crippen LogP contribution in [0.4, 0.5) is 4.39 Å². The van der Waals surface area contributed by atoms with Gasteiger partial charge in [-0.3, -0.25) is 0 Å². The maximum absolute atomic E-state index is 13.6. The highest BCUT2D eigenvalue weighted by Crippen LogP contribution is 2.12. The van der Waals surface area contributed by atoms with Crippen LogP contribution in [0.25, 0.3) is 0 Å². The van der Waals surface area contributed by atoms with Crippen LogP contribution in [0.3, 0.4) is 0 Å². The molecular weight excluding hydrogens is 322 g/mol. The molecule has 0 unspecified atom stereocenters. The number of nitrogens with zero attached hydrogens (tertiary/aromatic N) is 2. The summed E-state index contributed by atoms with van der Waals surface area (Å²) >= 11 is 3.13. The Balaban J connectivity index is 2.36. The van der Waals surface area contributed by atoms with Gasteiger partial charge in [-0.2, -0.15) is 4.39 Å². The topological polar surface area (TPSA) is 75.1 Å². The second kappa shape index (κ2) is 5.39. The summed E-state index contributed by atoms with van der Waals surface area (Å²) < 4.78 is 24.1. The van der Waals surface area contributed by atoms with Gasteiger partial charge < -0.3 is 24.4 Å². The van der Waals surface area contributed by atoms with Crippen molar-refractivity contribution in [2.75, 3.05) is 7.05 Å². The van der Waals surface area contributed by atoms with Gasteiger partial charge in [-0.1, -0.05) is 0 Å². The van der Waals surface area contributed by atoms with E-state index in [1.54, 1.807) is 7.05 Å². The van der Waals surface area contributed by atoms with Gasteiger partial charge in [0.15, 0.2) is 0 Å². The van der Waals surface area contributed by atoms with Gasteiger partial charge in [0.1, 0.15) is 0 Å². The minimum atomic E-state index is -1.36. The number of hydrogen-bond acceptors (Lipinski definition) is 6. The molecule has 0 spiro atoms. The molecule has 1 aliphatic rings. The first kappa shape index (κ1) is 13.5. The highest BCUT2D eigenvalue weighted by Gasteiger charge is 2.33. The molecule has 0 aliphatic carbocycles. The van der Waals surface area contributed by atoms with E-state index < -0.39 is 25.0 Å². The Morgan fingerprint density at radius 1 is 1.32 bits per heavy atom. The molecule has 0 fully saturated rings. The zero-order valence-electron chi connectivity index (χ0n) is 9.75. The summed E-state index contributed by atoms with van der Waals surface area (Å²) in [5.74, 6) is -1.81. The van der Waals surface area contributed by atoms with Gasteiger partial charge in [0.05, 0.1) is 17.9 Å². The molecule has 0 radical (unpaired) electrons. The van der Waals surface area contributed by atoms with Gasteiger partial charge in [-0.15, -0.1) is 0 Å². The first-order valence-electron chi connectivity index (χ1n) is 5.13. The van der Waals surface area contributed by atoms with E-state index in [0.29, 0.717) is 4.47 Å². The summed E-state index contributed by atoms with van der Waals surface area (Å²) in [5, 5.41) is 19.0. The Kier molecular flexibility index (Phi) is 3.84. The molecule has 1 aromatic rings. The largest absolute Gasteiger partial charge is 0.641 e. The van der Waals surface area contributed by atoms with Crippen LogP contribution in [0.1, 0.15) is 0 Å². The van der Waals surface area contributed by atoms with Crippen molar-refractivity contribution in [2.24, 2.45) is 0 Å². The standard InChI is InChI=1S/C10H9BBrFN2O4/c1-15-4-8(16)18-11(19-9(17)5-15)7-2-6(12)3-14-10(7)13/h2-5,16-17H,1H3. The Bertz CT molecular complexity index is 532. The lowest BCUT2D eigenvalue weighted by Crippen LogP contribution is -2.40. The van der Waals surface area contributed by atoms with Crippen molar-refractivity contribution in [1.29, 1.82) is 0 Å². The number of pyridine rings is 1. The molecule has 0 aromatic carbocycles. The monoisotopic (exact) mass is 330 g/mol. The Morgan fingerprint density at radius 2 is 1.89 bits per heavy atom. The summed E-state index contributed by atoms with van der Waals surface area (Å²) in [6, 6.07) is 1.37. The van der Waals surface area contributed by atoms with Crippen molar-refractivity contribution >= 4 is 28.5 Å². The van der Waals surface area contributed by atoms with Crippen LogP contribution in [0.5, 0.6) is 0 Å². The summed E-state index contributed by atoms with van der Waals surface area (Å²) in [5.41, 5.74) is -0.0705. The van der Waals surface area contributed by atoms with Crippen LogP contribution in [0.15, 0.2) is 41.0 Å². The van der Waals surface area contributed by atoms with Gasteiger partial charge in [0, 0.05) is 17.7 Å². The molecule has 2 rings (SSSR count). The molecule has 1 aliphatic heterocycles. The third-order valence-corrected chi connectivity index (χ3v) is 2.60. The molecule has 9 heteroatoms. The molecule has 1 aromatic heterocycles. The predicted octanol–water partition coefficient (Wildman–Crippen LogP) is 1.37. The second-order valence-corrected chi connectivity index (χ2v) is 4.62. The average Bonchev–Trinajstić information content (AvgIpc) is 2.29. The van der Waals surface area contributed by atoms with Crippen molar-refractivity contribution in [2.45, 2.75) is 0 Å². The fourth-order valence-electron chi connectivity index (χ4n) is 1.42. The molecule has 0 atom stereocenters. The Hall–Kier alpha value is -1.90. The highest BCUT2D eigenvalue weighted by atomic mass is 79.9. The number of aliphatic hydroxyl groups excluding tert-OH is 2. The predicted molar refractivity (Wildman–Crippen MR) is 68.6 cm³/mol. The number of aliphatic hydroxyl groups is 2. The van der Waals surface area contributed by atoms with E-state index in [0.717, 1.165) is 0 Å². The van der Waals surface area contributed by atoms with Crippen LogP contribution in [-0.4, -0.2) is 34.3 Å². The average molecular weight is 331 g/mol. The number of aromatic nitrogens is 1. The van der Waals surface area contributed by atoms with E-state index in [4.69, 9.17) is 9.31 Å². The SMILES string of the molecule is CN1C=C(O)OB(c2cc(Br)cnc2F)OC(O)=C1. The Morgan fingerprint density at radius 3 is 2.47 bits per heavy atom. The van der Waals surface area contributed by atoms with E-state index in [1.807, 2.05) is 0 Å². The lowest BCUT2D eigenvalue weighted by Gasteiger charge is -2.20. The minimum Gasteiger partial charge on any atom is -0.494 e. The lowest BCUT2D eigenvalue weighted by atomic mass is 9.79. The highest BCUT2D eigenvalue weighted by molar-refractivity contribution is 9.10. The summed E-state index contributed by atoms with van der Waals surface area (Å²) in [6.07, 6.45) is 3.64. The van der Waals surface area contributed by atoms with Gasteiger partial charge in [0.25, 0.3) is 11.9 Å². The molecule has 0 saturated carbocycles. The minimum absolute atomic E-state index is 0.0705. The van der Waals surface area contributed by atoms with Gasteiger partial charge >= 0.3 is 7.12 Å². The smallest absolute Gasteiger partial charge is 0.494 e. The first-order chi connectivity index (χ1) is 8.95. The van der Waals surface area contributed by atoms with E-state index in [9.17, 15) is 14.6 Å². The van der Waals surface area contributed by atoms with E-state index >= 15 is 0 Å². The molecule has 100 valence electrons. The summed E-state index contributed by atoms with van der Waals surface area (Å²) in [4.78, 5) is 4.80. The fraction of sp³-hybridized carbons (Fsp3) is 0.100. The number of hydrogen-bond donors (Lipinski definition) is 2. The maximum Gasteiger partial charge on any atom is 0.641 e. The van der Waals surface area contributed by atoms with Gasteiger partial charge in [-0.25, -0.2) is 4.98 Å². The molecule has 6 nitrogen and oxygen atoms in total. The normalized spacial score (nSPS) is 15.7. The third kappa shape index (κ3) is 3.31. The molecule has 0 bridgehead atoms. The van der Waals surface area contributed by atoms with Crippen molar-refractivity contribution in [3.63, 3.8) is 0 Å². The maximum atomic E-state index is 13.6. The van der Waals surface area contributed by atoms with E-state index in [2.05, 4.69) is 20.9 Å². The molecule has 19 heavy (non-hydrogen) atoms.